The van der Waals surface area contributed by atoms with Crippen LogP contribution in [0.5, 0.6) is 0 Å². The molecule has 0 aliphatic carbocycles. The molecule has 1 rings (SSSR count). The molecule has 0 aliphatic heterocycles. The fourth-order valence-corrected chi connectivity index (χ4v) is 1.61. The second kappa shape index (κ2) is 8.13. The molecule has 1 aromatic rings. The van der Waals surface area contributed by atoms with E-state index in [1.807, 2.05) is 13.0 Å². The fraction of sp³-hybridized carbons (Fsp3) is 0.538. The quantitative estimate of drug-likeness (QED) is 0.683. The van der Waals surface area contributed by atoms with Crippen LogP contribution in [-0.2, 0) is 4.74 Å². The molecule has 1 aromatic carbocycles. The van der Waals surface area contributed by atoms with Crippen molar-refractivity contribution in [2.24, 2.45) is 5.73 Å². The van der Waals surface area contributed by atoms with E-state index in [2.05, 4.69) is 29.2 Å². The standard InChI is InChI=1S/C13H22N2O/c1-2-16-12-11-15(10-6-9-14)13-7-4-3-5-8-13/h3-5,7-8H,2,6,9-12,14H2,1H3. The number of para-hydroxylation sites is 1. The summed E-state index contributed by atoms with van der Waals surface area (Å²) in [5.41, 5.74) is 6.80. The first-order valence-electron chi connectivity index (χ1n) is 5.96. The Hall–Kier alpha value is -1.06. The first-order valence-corrected chi connectivity index (χ1v) is 5.96. The van der Waals surface area contributed by atoms with E-state index < -0.39 is 0 Å². The van der Waals surface area contributed by atoms with Gasteiger partial charge in [0.1, 0.15) is 0 Å². The van der Waals surface area contributed by atoms with Gasteiger partial charge in [0.15, 0.2) is 0 Å². The van der Waals surface area contributed by atoms with Crippen LogP contribution in [0, 0.1) is 0 Å². The normalized spacial score (nSPS) is 10.4. The first-order chi connectivity index (χ1) is 7.88. The first kappa shape index (κ1) is 13.0. The lowest BCUT2D eigenvalue weighted by atomic mass is 10.2. The Morgan fingerprint density at radius 3 is 2.56 bits per heavy atom. The van der Waals surface area contributed by atoms with Gasteiger partial charge in [0.25, 0.3) is 0 Å². The molecule has 0 bridgehead atoms. The van der Waals surface area contributed by atoms with Gasteiger partial charge in [-0.2, -0.15) is 0 Å². The van der Waals surface area contributed by atoms with E-state index in [9.17, 15) is 0 Å². The van der Waals surface area contributed by atoms with Gasteiger partial charge in [-0.15, -0.1) is 0 Å². The highest BCUT2D eigenvalue weighted by Gasteiger charge is 2.04. The van der Waals surface area contributed by atoms with Crippen molar-refractivity contribution >= 4 is 5.69 Å². The van der Waals surface area contributed by atoms with Crippen LogP contribution in [0.4, 0.5) is 5.69 Å². The Balaban J connectivity index is 2.49. The van der Waals surface area contributed by atoms with Gasteiger partial charge in [0, 0.05) is 25.4 Å². The highest BCUT2D eigenvalue weighted by Crippen LogP contribution is 2.12. The highest BCUT2D eigenvalue weighted by molar-refractivity contribution is 5.45. The molecule has 0 atom stereocenters. The van der Waals surface area contributed by atoms with Crippen LogP contribution < -0.4 is 10.6 Å². The molecule has 0 radical (unpaired) electrons. The maximum absolute atomic E-state index is 5.55. The molecule has 0 saturated carbocycles. The van der Waals surface area contributed by atoms with Crippen molar-refractivity contribution in [3.05, 3.63) is 30.3 Å². The van der Waals surface area contributed by atoms with Crippen molar-refractivity contribution in [3.8, 4) is 0 Å². The van der Waals surface area contributed by atoms with Crippen LogP contribution in [0.15, 0.2) is 30.3 Å². The molecule has 16 heavy (non-hydrogen) atoms. The third-order valence-electron chi connectivity index (χ3n) is 2.46. The lowest BCUT2D eigenvalue weighted by Gasteiger charge is -2.24. The zero-order valence-electron chi connectivity index (χ0n) is 10.1. The molecule has 0 amide bonds. The molecule has 2 N–H and O–H groups in total. The van der Waals surface area contributed by atoms with Crippen molar-refractivity contribution < 1.29 is 4.74 Å². The average Bonchev–Trinajstić information content (AvgIpc) is 2.35. The largest absolute Gasteiger partial charge is 0.380 e. The Labute approximate surface area is 98.2 Å². The zero-order valence-corrected chi connectivity index (χ0v) is 10.1. The van der Waals surface area contributed by atoms with Crippen molar-refractivity contribution in [1.29, 1.82) is 0 Å². The smallest absolute Gasteiger partial charge is 0.0641 e. The Morgan fingerprint density at radius 1 is 1.19 bits per heavy atom. The van der Waals surface area contributed by atoms with Crippen molar-refractivity contribution in [3.63, 3.8) is 0 Å². The SMILES string of the molecule is CCOCCN(CCCN)c1ccccc1. The summed E-state index contributed by atoms with van der Waals surface area (Å²) in [5, 5.41) is 0. The second-order valence-electron chi connectivity index (χ2n) is 3.66. The average molecular weight is 222 g/mol. The number of rotatable bonds is 8. The van der Waals surface area contributed by atoms with Gasteiger partial charge in [-0.25, -0.2) is 0 Å². The number of anilines is 1. The van der Waals surface area contributed by atoms with Gasteiger partial charge >= 0.3 is 0 Å². The van der Waals surface area contributed by atoms with Crippen LogP contribution in [0.1, 0.15) is 13.3 Å². The predicted octanol–water partition coefficient (Wildman–Crippen LogP) is 1.88. The van der Waals surface area contributed by atoms with Gasteiger partial charge < -0.3 is 15.4 Å². The van der Waals surface area contributed by atoms with Crippen LogP contribution >= 0.6 is 0 Å². The minimum absolute atomic E-state index is 0.734. The summed E-state index contributed by atoms with van der Waals surface area (Å²) in [7, 11) is 0. The summed E-state index contributed by atoms with van der Waals surface area (Å²) in [4.78, 5) is 2.32. The molecule has 0 spiro atoms. The van der Waals surface area contributed by atoms with Crippen LogP contribution in [-0.4, -0.2) is 32.8 Å². The lowest BCUT2D eigenvalue weighted by molar-refractivity contribution is 0.154. The maximum Gasteiger partial charge on any atom is 0.0641 e. The van der Waals surface area contributed by atoms with Gasteiger partial charge in [-0.3, -0.25) is 0 Å². The third kappa shape index (κ3) is 4.64. The van der Waals surface area contributed by atoms with Gasteiger partial charge in [-0.1, -0.05) is 18.2 Å². The summed E-state index contributed by atoms with van der Waals surface area (Å²) in [6.45, 7) is 6.23. The highest BCUT2D eigenvalue weighted by atomic mass is 16.5. The molecule has 0 aliphatic rings. The number of nitrogens with two attached hydrogens (primary N) is 1. The molecule has 0 aromatic heterocycles. The predicted molar refractivity (Wildman–Crippen MR) is 68.8 cm³/mol. The number of hydrogen-bond donors (Lipinski definition) is 1. The molecule has 90 valence electrons. The lowest BCUT2D eigenvalue weighted by Crippen LogP contribution is -2.29. The molecule has 3 heteroatoms. The summed E-state index contributed by atoms with van der Waals surface area (Å²) < 4.78 is 5.39. The van der Waals surface area contributed by atoms with E-state index in [0.717, 1.165) is 39.3 Å². The maximum atomic E-state index is 5.55. The van der Waals surface area contributed by atoms with Crippen LogP contribution in [0.2, 0.25) is 0 Å². The molecular formula is C13H22N2O. The van der Waals surface area contributed by atoms with Crippen molar-refractivity contribution in [1.82, 2.24) is 0 Å². The molecule has 0 heterocycles. The summed E-state index contributed by atoms with van der Waals surface area (Å²) in [6.07, 6.45) is 1.01. The van der Waals surface area contributed by atoms with E-state index in [1.54, 1.807) is 0 Å². The monoisotopic (exact) mass is 222 g/mol. The molecule has 0 unspecified atom stereocenters. The number of nitrogens with zero attached hydrogens (tertiary/aromatic N) is 1. The molecule has 0 fully saturated rings. The fourth-order valence-electron chi connectivity index (χ4n) is 1.61. The number of benzene rings is 1. The summed E-state index contributed by atoms with van der Waals surface area (Å²) >= 11 is 0. The van der Waals surface area contributed by atoms with E-state index in [4.69, 9.17) is 10.5 Å². The minimum atomic E-state index is 0.734. The van der Waals surface area contributed by atoms with Crippen LogP contribution in [0.3, 0.4) is 0 Å². The molecular weight excluding hydrogens is 200 g/mol. The Bertz CT molecular complexity index is 264. The number of ether oxygens (including phenoxy) is 1. The minimum Gasteiger partial charge on any atom is -0.380 e. The van der Waals surface area contributed by atoms with E-state index >= 15 is 0 Å². The van der Waals surface area contributed by atoms with Gasteiger partial charge in [-0.05, 0) is 32.0 Å². The van der Waals surface area contributed by atoms with E-state index in [0.29, 0.717) is 0 Å². The van der Waals surface area contributed by atoms with Crippen LogP contribution in [0.25, 0.3) is 0 Å². The van der Waals surface area contributed by atoms with Crippen molar-refractivity contribution in [2.45, 2.75) is 13.3 Å². The topological polar surface area (TPSA) is 38.5 Å². The summed E-state index contributed by atoms with van der Waals surface area (Å²) in [6, 6.07) is 10.4. The Morgan fingerprint density at radius 2 is 1.94 bits per heavy atom. The zero-order chi connectivity index (χ0) is 11.6. The second-order valence-corrected chi connectivity index (χ2v) is 3.66. The van der Waals surface area contributed by atoms with Gasteiger partial charge in [0.05, 0.1) is 6.61 Å². The third-order valence-corrected chi connectivity index (χ3v) is 2.46. The molecule has 3 nitrogen and oxygen atoms in total. The Kier molecular flexibility index (Phi) is 6.61. The molecule has 0 saturated heterocycles. The van der Waals surface area contributed by atoms with Gasteiger partial charge in [0.2, 0.25) is 0 Å². The number of hydrogen-bond acceptors (Lipinski definition) is 3. The van der Waals surface area contributed by atoms with E-state index in [-0.39, 0.29) is 0 Å². The van der Waals surface area contributed by atoms with Crippen molar-refractivity contribution in [2.75, 3.05) is 37.7 Å². The van der Waals surface area contributed by atoms with E-state index in [1.165, 1.54) is 5.69 Å². The summed E-state index contributed by atoms with van der Waals surface area (Å²) in [5.74, 6) is 0.